The van der Waals surface area contributed by atoms with Gasteiger partial charge in [0.15, 0.2) is 17.0 Å². The zero-order chi connectivity index (χ0) is 23.4. The van der Waals surface area contributed by atoms with Gasteiger partial charge < -0.3 is 19.6 Å². The third-order valence-electron chi connectivity index (χ3n) is 6.78. The molecule has 2 N–H and O–H groups in total. The molecule has 0 radical (unpaired) electrons. The van der Waals surface area contributed by atoms with Crippen LogP contribution in [0.15, 0.2) is 47.8 Å². The van der Waals surface area contributed by atoms with Gasteiger partial charge in [0, 0.05) is 51.9 Å². The number of hydrogen-bond acceptors (Lipinski definition) is 7. The van der Waals surface area contributed by atoms with E-state index in [-0.39, 0.29) is 24.3 Å². The molecule has 0 unspecified atom stereocenters. The molecule has 4 aromatic heterocycles. The highest BCUT2D eigenvalue weighted by atomic mass is 16.3. The van der Waals surface area contributed by atoms with Gasteiger partial charge in [-0.05, 0) is 18.6 Å². The summed E-state index contributed by atoms with van der Waals surface area (Å²) in [5.74, 6) is 1.36. The summed E-state index contributed by atoms with van der Waals surface area (Å²) in [7, 11) is 3.80. The lowest BCUT2D eigenvalue weighted by Gasteiger charge is -2.38. The summed E-state index contributed by atoms with van der Waals surface area (Å²) in [4.78, 5) is 31.8. The van der Waals surface area contributed by atoms with Crippen molar-refractivity contribution >= 4 is 28.0 Å². The molecule has 11 nitrogen and oxygen atoms in total. The Bertz CT molecular complexity index is 1560. The molecule has 0 spiro atoms. The van der Waals surface area contributed by atoms with Gasteiger partial charge in [-0.25, -0.2) is 19.7 Å². The third-order valence-corrected chi connectivity index (χ3v) is 6.78. The normalized spacial score (nSPS) is 18.9. The molecule has 0 saturated carbocycles. The molecule has 1 aliphatic heterocycles. The van der Waals surface area contributed by atoms with E-state index in [9.17, 15) is 9.90 Å². The fraction of sp³-hybridized carbons (Fsp3) is 0.348. The number of fused-ring (bicyclic) bond motifs is 2. The number of nitrogens with zero attached hydrogens (tertiary/aromatic N) is 8. The predicted octanol–water partition coefficient (Wildman–Crippen LogP) is 1.47. The molecule has 5 aromatic rings. The summed E-state index contributed by atoms with van der Waals surface area (Å²) >= 11 is 0. The number of aromatic nitrogens is 8. The average molecular weight is 460 g/mol. The molecule has 0 bridgehead atoms. The lowest BCUT2D eigenvalue weighted by atomic mass is 9.92. The summed E-state index contributed by atoms with van der Waals surface area (Å²) in [6, 6.07) is 7.55. The first-order valence-electron chi connectivity index (χ1n) is 11.3. The monoisotopic (exact) mass is 459 g/mol. The average Bonchev–Trinajstić information content (AvgIpc) is 3.53. The van der Waals surface area contributed by atoms with E-state index in [1.807, 2.05) is 49.1 Å². The van der Waals surface area contributed by atoms with Gasteiger partial charge in [0.1, 0.15) is 12.2 Å². The Kier molecular flexibility index (Phi) is 4.73. The van der Waals surface area contributed by atoms with Crippen molar-refractivity contribution in [2.75, 3.05) is 24.6 Å². The van der Waals surface area contributed by atoms with Crippen LogP contribution in [0.4, 0.5) is 5.82 Å². The summed E-state index contributed by atoms with van der Waals surface area (Å²) in [6.07, 6.45) is 5.94. The van der Waals surface area contributed by atoms with Crippen LogP contribution in [0.1, 0.15) is 12.5 Å². The molecular weight excluding hydrogens is 434 g/mol. The lowest BCUT2D eigenvalue weighted by molar-refractivity contribution is 0.160. The van der Waals surface area contributed by atoms with Gasteiger partial charge in [0.2, 0.25) is 0 Å². The zero-order valence-electron chi connectivity index (χ0n) is 19.0. The summed E-state index contributed by atoms with van der Waals surface area (Å²) < 4.78 is 5.48. The molecule has 0 aliphatic carbocycles. The highest BCUT2D eigenvalue weighted by Crippen LogP contribution is 2.34. The van der Waals surface area contributed by atoms with Gasteiger partial charge in [0.05, 0.1) is 22.8 Å². The first-order valence-corrected chi connectivity index (χ1v) is 11.3. The molecule has 1 saturated heterocycles. The minimum atomic E-state index is -0.145. The van der Waals surface area contributed by atoms with Crippen LogP contribution >= 0.6 is 0 Å². The molecule has 5 heterocycles. The highest BCUT2D eigenvalue weighted by molar-refractivity contribution is 5.86. The van der Waals surface area contributed by atoms with Crippen LogP contribution in [0.25, 0.3) is 33.6 Å². The van der Waals surface area contributed by atoms with Gasteiger partial charge >= 0.3 is 5.69 Å². The van der Waals surface area contributed by atoms with Crippen molar-refractivity contribution in [1.29, 1.82) is 0 Å². The molecule has 1 aliphatic rings. The summed E-state index contributed by atoms with van der Waals surface area (Å²) in [6.45, 7) is 1.19. The largest absolute Gasteiger partial charge is 0.396 e. The number of imidazole rings is 2. The van der Waals surface area contributed by atoms with Crippen LogP contribution in [-0.4, -0.2) is 63.7 Å². The van der Waals surface area contributed by atoms with Crippen molar-refractivity contribution in [2.45, 2.75) is 12.5 Å². The van der Waals surface area contributed by atoms with E-state index in [4.69, 9.17) is 4.98 Å². The number of para-hydroxylation sites is 2. The Hall–Kier alpha value is -3.99. The van der Waals surface area contributed by atoms with Crippen LogP contribution in [0.5, 0.6) is 0 Å². The minimum Gasteiger partial charge on any atom is -0.396 e. The van der Waals surface area contributed by atoms with Crippen LogP contribution in [-0.2, 0) is 14.1 Å². The Balaban J connectivity index is 1.37. The van der Waals surface area contributed by atoms with Crippen LogP contribution in [0, 0.1) is 5.92 Å². The van der Waals surface area contributed by atoms with Crippen molar-refractivity contribution in [2.24, 2.45) is 20.0 Å². The minimum absolute atomic E-state index is 0.0372. The topological polar surface area (TPSA) is 123 Å². The second-order valence-electron chi connectivity index (χ2n) is 8.83. The quantitative estimate of drug-likeness (QED) is 0.417. The predicted molar refractivity (Wildman–Crippen MR) is 128 cm³/mol. The standard InChI is InChI=1S/C23H25N9O2/c1-29-10-14(9-26-29)20-28-19-21(30(20)2)24-13-25-22(19)31-8-7-17(15(11-31)12-33)32-18-6-4-3-5-16(18)27-23(32)34/h3-6,9-10,13,15,17,33H,7-8,11-12H2,1-2H3,(H,27,34)/t15-,17+/m0/s1. The van der Waals surface area contributed by atoms with Crippen molar-refractivity contribution in [3.05, 3.63) is 53.5 Å². The van der Waals surface area contributed by atoms with E-state index in [2.05, 4.69) is 25.0 Å². The summed E-state index contributed by atoms with van der Waals surface area (Å²) in [5, 5.41) is 14.5. The zero-order valence-corrected chi connectivity index (χ0v) is 19.0. The molecule has 174 valence electrons. The fourth-order valence-electron chi connectivity index (χ4n) is 5.15. The van der Waals surface area contributed by atoms with Gasteiger partial charge in [-0.1, -0.05) is 12.1 Å². The van der Waals surface area contributed by atoms with E-state index < -0.39 is 0 Å². The smallest absolute Gasteiger partial charge is 0.326 e. The number of aliphatic hydroxyl groups is 1. The number of aromatic amines is 1. The Labute approximate surface area is 194 Å². The van der Waals surface area contributed by atoms with Crippen molar-refractivity contribution in [3.8, 4) is 11.4 Å². The van der Waals surface area contributed by atoms with Crippen molar-refractivity contribution in [3.63, 3.8) is 0 Å². The Morgan fingerprint density at radius 1 is 1.21 bits per heavy atom. The maximum atomic E-state index is 12.8. The summed E-state index contributed by atoms with van der Waals surface area (Å²) in [5.41, 5.74) is 3.87. The first kappa shape index (κ1) is 20.6. The van der Waals surface area contributed by atoms with Gasteiger partial charge in [-0.3, -0.25) is 9.25 Å². The Morgan fingerprint density at radius 2 is 2.06 bits per heavy atom. The maximum absolute atomic E-state index is 12.8. The van der Waals surface area contributed by atoms with E-state index >= 15 is 0 Å². The maximum Gasteiger partial charge on any atom is 0.326 e. The fourth-order valence-corrected chi connectivity index (χ4v) is 5.15. The number of benzene rings is 1. The number of H-pyrrole nitrogens is 1. The number of rotatable bonds is 4. The second-order valence-corrected chi connectivity index (χ2v) is 8.83. The molecule has 0 amide bonds. The molecular formula is C23H25N9O2. The first-order chi connectivity index (χ1) is 16.5. The molecule has 2 atom stereocenters. The SMILES string of the molecule is Cn1cc(-c2nc3c(N4CC[C@@H](n5c(=O)[nH]c6ccccc65)[C@H](CO)C4)ncnc3n2C)cn1. The van der Waals surface area contributed by atoms with Crippen LogP contribution in [0.2, 0.25) is 0 Å². The third kappa shape index (κ3) is 3.11. The number of anilines is 1. The number of piperidine rings is 1. The molecule has 1 fully saturated rings. The van der Waals surface area contributed by atoms with Crippen molar-refractivity contribution in [1.82, 2.24) is 38.9 Å². The van der Waals surface area contributed by atoms with Gasteiger partial charge in [-0.2, -0.15) is 5.10 Å². The van der Waals surface area contributed by atoms with Crippen LogP contribution in [0.3, 0.4) is 0 Å². The lowest BCUT2D eigenvalue weighted by Crippen LogP contribution is -2.45. The van der Waals surface area contributed by atoms with Gasteiger partial charge in [0.25, 0.3) is 0 Å². The second kappa shape index (κ2) is 7.80. The molecule has 6 rings (SSSR count). The number of aryl methyl sites for hydroxylation is 2. The highest BCUT2D eigenvalue weighted by Gasteiger charge is 2.34. The number of hydrogen-bond donors (Lipinski definition) is 2. The number of aliphatic hydroxyl groups excluding tert-OH is 1. The van der Waals surface area contributed by atoms with E-state index in [1.54, 1.807) is 21.8 Å². The molecule has 34 heavy (non-hydrogen) atoms. The molecule has 11 heteroatoms. The van der Waals surface area contributed by atoms with E-state index in [0.29, 0.717) is 25.0 Å². The molecule has 1 aromatic carbocycles. The van der Waals surface area contributed by atoms with E-state index in [1.165, 1.54) is 0 Å². The van der Waals surface area contributed by atoms with E-state index in [0.717, 1.165) is 33.9 Å². The number of nitrogens with one attached hydrogen (secondary N) is 1. The Morgan fingerprint density at radius 3 is 2.85 bits per heavy atom. The van der Waals surface area contributed by atoms with Crippen molar-refractivity contribution < 1.29 is 5.11 Å². The van der Waals surface area contributed by atoms with Crippen LogP contribution < -0.4 is 10.6 Å². The van der Waals surface area contributed by atoms with Gasteiger partial charge in [-0.15, -0.1) is 0 Å².